The Morgan fingerprint density at radius 2 is 2.05 bits per heavy atom. The average molecular weight is 320 g/mol. The highest BCUT2D eigenvalue weighted by Crippen LogP contribution is 2.26. The molecule has 7 nitrogen and oxygen atoms in total. The van der Waals surface area contributed by atoms with E-state index in [9.17, 15) is 18.0 Å². The molecule has 0 spiro atoms. The summed E-state index contributed by atoms with van der Waals surface area (Å²) in [4.78, 5) is 21.8. The van der Waals surface area contributed by atoms with Crippen LogP contribution in [0.15, 0.2) is 10.3 Å². The van der Waals surface area contributed by atoms with E-state index in [0.29, 0.717) is 12.1 Å². The molecule has 20 heavy (non-hydrogen) atoms. The van der Waals surface area contributed by atoms with Crippen molar-refractivity contribution in [1.82, 2.24) is 10.0 Å². The molecule has 112 valence electrons. The second kappa shape index (κ2) is 6.82. The van der Waals surface area contributed by atoms with E-state index in [1.165, 1.54) is 12.3 Å². The Bertz CT molecular complexity index is 606. The third-order valence-corrected chi connectivity index (χ3v) is 5.18. The Hall–Kier alpha value is -1.45. The van der Waals surface area contributed by atoms with E-state index in [-0.39, 0.29) is 9.77 Å². The van der Waals surface area contributed by atoms with Crippen LogP contribution in [-0.2, 0) is 14.8 Å². The minimum absolute atomic E-state index is 0.260. The van der Waals surface area contributed by atoms with E-state index in [2.05, 4.69) is 10.0 Å². The van der Waals surface area contributed by atoms with Crippen molar-refractivity contribution in [2.45, 2.75) is 25.2 Å². The number of carbonyl (C=O) groups excluding carboxylic acids is 1. The highest BCUT2D eigenvalue weighted by molar-refractivity contribution is 7.89. The predicted molar refractivity (Wildman–Crippen MR) is 74.5 cm³/mol. The van der Waals surface area contributed by atoms with Crippen LogP contribution in [0, 0.1) is 6.92 Å². The molecule has 1 amide bonds. The number of carbonyl (C=O) groups is 2. The summed E-state index contributed by atoms with van der Waals surface area (Å²) in [6.45, 7) is 3.42. The van der Waals surface area contributed by atoms with Crippen LogP contribution in [-0.4, -0.2) is 38.5 Å². The minimum atomic E-state index is -4.02. The summed E-state index contributed by atoms with van der Waals surface area (Å²) in [5.74, 6) is -1.76. The van der Waals surface area contributed by atoms with E-state index in [4.69, 9.17) is 5.11 Å². The maximum absolute atomic E-state index is 12.1. The van der Waals surface area contributed by atoms with Crippen molar-refractivity contribution in [2.75, 3.05) is 13.1 Å². The quantitative estimate of drug-likeness (QED) is 0.679. The lowest BCUT2D eigenvalue weighted by Gasteiger charge is -2.08. The van der Waals surface area contributed by atoms with Gasteiger partial charge in [0.1, 0.15) is 9.77 Å². The van der Waals surface area contributed by atoms with Gasteiger partial charge in [-0.3, -0.25) is 4.79 Å². The van der Waals surface area contributed by atoms with Gasteiger partial charge in [0.25, 0.3) is 0 Å². The average Bonchev–Trinajstić information content (AvgIpc) is 2.77. The van der Waals surface area contributed by atoms with E-state index in [1.54, 1.807) is 0 Å². The molecule has 1 aromatic heterocycles. The normalized spacial score (nSPS) is 11.3. The largest absolute Gasteiger partial charge is 0.477 e. The molecule has 0 aliphatic rings. The van der Waals surface area contributed by atoms with Crippen molar-refractivity contribution in [3.05, 3.63) is 15.8 Å². The topological polar surface area (TPSA) is 113 Å². The zero-order chi connectivity index (χ0) is 15.3. The summed E-state index contributed by atoms with van der Waals surface area (Å²) in [6.07, 6.45) is 0.741. The van der Waals surface area contributed by atoms with Crippen LogP contribution < -0.4 is 10.0 Å². The van der Waals surface area contributed by atoms with Gasteiger partial charge in [-0.25, -0.2) is 17.9 Å². The van der Waals surface area contributed by atoms with Gasteiger partial charge in [-0.05, 0) is 24.3 Å². The standard InChI is InChI=1S/C11H16N2O5S2/c1-3-4-12-8(14)5-13-20(17,18)10-7(2)6-19-9(10)11(15)16/h6,13H,3-5H2,1-2H3,(H,12,14)(H,15,16). The van der Waals surface area contributed by atoms with E-state index >= 15 is 0 Å². The third-order valence-electron chi connectivity index (χ3n) is 2.38. The molecule has 0 atom stereocenters. The van der Waals surface area contributed by atoms with Crippen molar-refractivity contribution in [3.63, 3.8) is 0 Å². The maximum Gasteiger partial charge on any atom is 0.347 e. The van der Waals surface area contributed by atoms with Crippen molar-refractivity contribution >= 4 is 33.2 Å². The van der Waals surface area contributed by atoms with Gasteiger partial charge in [-0.1, -0.05) is 6.92 Å². The number of thiophene rings is 1. The van der Waals surface area contributed by atoms with Crippen LogP contribution in [0.4, 0.5) is 0 Å². The molecular weight excluding hydrogens is 304 g/mol. The molecule has 0 bridgehead atoms. The molecule has 0 aliphatic heterocycles. The molecule has 0 saturated carbocycles. The Balaban J connectivity index is 2.87. The zero-order valence-corrected chi connectivity index (χ0v) is 12.7. The molecular formula is C11H16N2O5S2. The Kier molecular flexibility index (Phi) is 5.66. The van der Waals surface area contributed by atoms with E-state index in [1.807, 2.05) is 6.92 Å². The van der Waals surface area contributed by atoms with E-state index in [0.717, 1.165) is 17.8 Å². The molecule has 0 radical (unpaired) electrons. The van der Waals surface area contributed by atoms with Crippen molar-refractivity contribution in [1.29, 1.82) is 0 Å². The fourth-order valence-electron chi connectivity index (χ4n) is 1.47. The highest BCUT2D eigenvalue weighted by atomic mass is 32.2. The number of carboxylic acids is 1. The molecule has 0 unspecified atom stereocenters. The molecule has 1 heterocycles. The van der Waals surface area contributed by atoms with Crippen LogP contribution in [0.25, 0.3) is 0 Å². The highest BCUT2D eigenvalue weighted by Gasteiger charge is 2.26. The predicted octanol–water partition coefficient (Wildman–Crippen LogP) is 0.559. The number of hydrogen-bond acceptors (Lipinski definition) is 5. The lowest BCUT2D eigenvalue weighted by molar-refractivity contribution is -0.119. The summed E-state index contributed by atoms with van der Waals surface area (Å²) in [5.41, 5.74) is 0.342. The first kappa shape index (κ1) is 16.6. The summed E-state index contributed by atoms with van der Waals surface area (Å²) < 4.78 is 26.2. The molecule has 1 aromatic rings. The van der Waals surface area contributed by atoms with Gasteiger partial charge in [0.05, 0.1) is 6.54 Å². The first-order valence-electron chi connectivity index (χ1n) is 5.87. The first-order chi connectivity index (χ1) is 9.29. The van der Waals surface area contributed by atoms with Gasteiger partial charge in [0.2, 0.25) is 15.9 Å². The second-order valence-corrected chi connectivity index (χ2v) is 6.64. The Morgan fingerprint density at radius 1 is 1.40 bits per heavy atom. The molecule has 1 rings (SSSR count). The molecule has 9 heteroatoms. The summed E-state index contributed by atoms with van der Waals surface area (Å²) in [5, 5.41) is 13.0. The van der Waals surface area contributed by atoms with Gasteiger partial charge < -0.3 is 10.4 Å². The lowest BCUT2D eigenvalue weighted by atomic mass is 10.3. The zero-order valence-electron chi connectivity index (χ0n) is 11.1. The third kappa shape index (κ3) is 4.02. The maximum atomic E-state index is 12.1. The summed E-state index contributed by atoms with van der Waals surface area (Å²) in [7, 11) is -4.02. The van der Waals surface area contributed by atoms with Crippen molar-refractivity contribution < 1.29 is 23.1 Å². The number of amides is 1. The van der Waals surface area contributed by atoms with Gasteiger partial charge in [-0.15, -0.1) is 11.3 Å². The number of nitrogens with one attached hydrogen (secondary N) is 2. The van der Waals surface area contributed by atoms with Gasteiger partial charge in [0.15, 0.2) is 0 Å². The van der Waals surface area contributed by atoms with Gasteiger partial charge >= 0.3 is 5.97 Å². The molecule has 3 N–H and O–H groups in total. The minimum Gasteiger partial charge on any atom is -0.477 e. The van der Waals surface area contributed by atoms with Crippen LogP contribution in [0.5, 0.6) is 0 Å². The van der Waals surface area contributed by atoms with Crippen LogP contribution in [0.2, 0.25) is 0 Å². The fraction of sp³-hybridized carbons (Fsp3) is 0.455. The van der Waals surface area contributed by atoms with Gasteiger partial charge in [-0.2, -0.15) is 0 Å². The van der Waals surface area contributed by atoms with Crippen LogP contribution >= 0.6 is 11.3 Å². The number of carboxylic acid groups (broad SMARTS) is 1. The summed E-state index contributed by atoms with van der Waals surface area (Å²) in [6, 6.07) is 0. The lowest BCUT2D eigenvalue weighted by Crippen LogP contribution is -2.37. The van der Waals surface area contributed by atoms with Crippen LogP contribution in [0.3, 0.4) is 0 Å². The molecule has 0 aliphatic carbocycles. The SMILES string of the molecule is CCCNC(=O)CNS(=O)(=O)c1c(C)csc1C(=O)O. The number of aryl methyl sites for hydroxylation is 1. The molecule has 0 aromatic carbocycles. The number of aromatic carboxylic acids is 1. The Labute approximate surface area is 121 Å². The number of rotatable bonds is 7. The smallest absolute Gasteiger partial charge is 0.347 e. The number of sulfonamides is 1. The summed E-state index contributed by atoms with van der Waals surface area (Å²) >= 11 is 0.840. The monoisotopic (exact) mass is 320 g/mol. The van der Waals surface area contributed by atoms with Gasteiger partial charge in [0, 0.05) is 6.54 Å². The number of hydrogen-bond donors (Lipinski definition) is 3. The molecule has 0 saturated heterocycles. The van der Waals surface area contributed by atoms with Crippen LogP contribution in [0.1, 0.15) is 28.6 Å². The molecule has 0 fully saturated rings. The fourth-order valence-corrected chi connectivity index (χ4v) is 4.08. The first-order valence-corrected chi connectivity index (χ1v) is 8.23. The van der Waals surface area contributed by atoms with Crippen molar-refractivity contribution in [2.24, 2.45) is 0 Å². The Morgan fingerprint density at radius 3 is 2.60 bits per heavy atom. The van der Waals surface area contributed by atoms with Crippen molar-refractivity contribution in [3.8, 4) is 0 Å². The van der Waals surface area contributed by atoms with E-state index < -0.39 is 28.4 Å². The second-order valence-electron chi connectivity index (χ2n) is 4.06.